The van der Waals surface area contributed by atoms with Crippen LogP contribution in [-0.2, 0) is 8.23 Å². The Labute approximate surface area is 218 Å². The Kier molecular flexibility index (Phi) is 11.6. The van der Waals surface area contributed by atoms with Crippen LogP contribution < -0.4 is 5.19 Å². The number of hydrogen-bond donors (Lipinski definition) is 0. The van der Waals surface area contributed by atoms with Crippen LogP contribution in [0.15, 0.2) is 48.5 Å². The van der Waals surface area contributed by atoms with E-state index in [1.807, 2.05) is 24.3 Å². The average molecular weight is 526 g/mol. The zero-order valence-corrected chi connectivity index (χ0v) is 26.2. The van der Waals surface area contributed by atoms with Gasteiger partial charge in [0, 0.05) is 0 Å². The smallest absolute Gasteiger partial charge is 0.311 e. The first-order valence-corrected chi connectivity index (χ1v) is 22.3. The Bertz CT molecular complexity index is 932. The summed E-state index contributed by atoms with van der Waals surface area (Å²) in [5.74, 6) is 0. The maximum absolute atomic E-state index is 9.02. The Hall–Kier alpha value is -1.50. The van der Waals surface area contributed by atoms with Gasteiger partial charge in [-0.15, -0.1) is 0 Å². The molecule has 0 spiro atoms. The fraction of sp³-hybridized carbons (Fsp3) is 0.552. The van der Waals surface area contributed by atoms with Crippen molar-refractivity contribution >= 4 is 30.4 Å². The van der Waals surface area contributed by atoms with Gasteiger partial charge in [-0.05, 0) is 73.8 Å². The van der Waals surface area contributed by atoms with E-state index in [4.69, 9.17) is 13.5 Å². The third kappa shape index (κ3) is 10.6. The Balaban J connectivity index is 1.89. The monoisotopic (exact) mass is 525 g/mol. The molecule has 2 aromatic carbocycles. The second-order valence-electron chi connectivity index (χ2n) is 11.4. The van der Waals surface area contributed by atoms with Gasteiger partial charge < -0.3 is 8.23 Å². The van der Waals surface area contributed by atoms with Gasteiger partial charge >= 0.3 is 8.56 Å². The van der Waals surface area contributed by atoms with E-state index in [1.54, 1.807) is 0 Å². The summed E-state index contributed by atoms with van der Waals surface area (Å²) in [7, 11) is -6.09. The number of unbranched alkanes of at least 4 members (excludes halogenated alkanes) is 7. The molecule has 0 amide bonds. The van der Waals surface area contributed by atoms with Gasteiger partial charge in [0.05, 0.1) is 11.6 Å². The summed E-state index contributed by atoms with van der Waals surface area (Å²) in [5, 5.41) is 10.3. The van der Waals surface area contributed by atoms with Crippen LogP contribution in [0.3, 0.4) is 0 Å². The van der Waals surface area contributed by atoms with Gasteiger partial charge in [0.25, 0.3) is 0 Å². The third-order valence-electron chi connectivity index (χ3n) is 6.58. The van der Waals surface area contributed by atoms with Crippen molar-refractivity contribution in [3.63, 3.8) is 0 Å². The van der Waals surface area contributed by atoms with Crippen molar-refractivity contribution in [3.8, 4) is 17.2 Å². The molecule has 0 N–H and O–H groups in total. The summed E-state index contributed by atoms with van der Waals surface area (Å²) < 4.78 is 13.7. The molecule has 0 fully saturated rings. The molecule has 0 bridgehead atoms. The van der Waals surface area contributed by atoms with Crippen LogP contribution in [0.5, 0.6) is 0 Å². The molecule has 2 aromatic rings. The molecule has 3 nitrogen and oxygen atoms in total. The number of hydrogen-bond acceptors (Lipinski definition) is 3. The van der Waals surface area contributed by atoms with Crippen molar-refractivity contribution in [1.29, 1.82) is 5.26 Å². The molecule has 0 heterocycles. The van der Waals surface area contributed by atoms with E-state index in [-0.39, 0.29) is 0 Å². The van der Waals surface area contributed by atoms with E-state index >= 15 is 0 Å². The van der Waals surface area contributed by atoms with Gasteiger partial charge in [0.1, 0.15) is 0 Å². The van der Waals surface area contributed by atoms with Crippen LogP contribution in [0.2, 0.25) is 45.3 Å². The molecular weight excluding hydrogens is 479 g/mol. The summed E-state index contributed by atoms with van der Waals surface area (Å²) in [5.41, 5.74) is 2.98. The highest BCUT2D eigenvalue weighted by molar-refractivity contribution is 6.93. The van der Waals surface area contributed by atoms with Gasteiger partial charge in [-0.3, -0.25) is 0 Å². The normalized spacial score (nSPS) is 12.5. The summed E-state index contributed by atoms with van der Waals surface area (Å²) in [4.78, 5) is 0. The lowest BCUT2D eigenvalue weighted by atomic mass is 10.0. The molecule has 0 saturated heterocycles. The highest BCUT2D eigenvalue weighted by atomic mass is 28.5. The van der Waals surface area contributed by atoms with Gasteiger partial charge in [0.2, 0.25) is 8.32 Å². The van der Waals surface area contributed by atoms with Crippen LogP contribution >= 0.6 is 0 Å². The van der Waals surface area contributed by atoms with E-state index in [0.29, 0.717) is 5.56 Å². The van der Waals surface area contributed by atoms with Crippen LogP contribution in [0.1, 0.15) is 63.9 Å². The van der Waals surface area contributed by atoms with Crippen molar-refractivity contribution in [2.24, 2.45) is 0 Å². The van der Waals surface area contributed by atoms with Gasteiger partial charge in [0.15, 0.2) is 8.32 Å². The summed E-state index contributed by atoms with van der Waals surface area (Å²) in [6.45, 7) is 16.1. The number of nitrogens with zero attached hydrogens (tertiary/aromatic N) is 1. The van der Waals surface area contributed by atoms with E-state index < -0.39 is 25.2 Å². The second-order valence-corrected chi connectivity index (χ2v) is 23.4. The molecule has 192 valence electrons. The van der Waals surface area contributed by atoms with E-state index in [9.17, 15) is 0 Å². The van der Waals surface area contributed by atoms with E-state index in [1.165, 1.54) is 62.6 Å². The fourth-order valence-corrected chi connectivity index (χ4v) is 18.6. The van der Waals surface area contributed by atoms with Crippen LogP contribution in [-0.4, -0.2) is 25.2 Å². The fourth-order valence-electron chi connectivity index (χ4n) is 4.90. The highest BCUT2D eigenvalue weighted by Gasteiger charge is 2.40. The molecular formula is C29H47NO2Si3. The predicted molar refractivity (Wildman–Crippen MR) is 158 cm³/mol. The van der Waals surface area contributed by atoms with E-state index in [2.05, 4.69) is 76.5 Å². The van der Waals surface area contributed by atoms with Gasteiger partial charge in [-0.1, -0.05) is 94.7 Å². The van der Waals surface area contributed by atoms with Crippen molar-refractivity contribution < 1.29 is 8.23 Å². The first-order valence-electron chi connectivity index (χ1n) is 13.5. The molecule has 0 atom stereocenters. The van der Waals surface area contributed by atoms with E-state index in [0.717, 1.165) is 11.1 Å². The number of rotatable bonds is 15. The second kappa shape index (κ2) is 13.7. The SMILES string of the molecule is CCCCCCCCCC[Si](C)(C)O[Si](C)(C)O[Si](C)(C)c1ccc(-c2ccc(C#N)cc2)cc1. The Morgan fingerprint density at radius 3 is 1.66 bits per heavy atom. The average Bonchev–Trinajstić information content (AvgIpc) is 2.79. The molecule has 6 heteroatoms. The zero-order valence-electron chi connectivity index (χ0n) is 23.2. The number of nitriles is 1. The standard InChI is InChI=1S/C29H47NO2Si3/c1-8-9-10-11-12-13-14-15-24-33(2,3)31-35(6,7)32-34(4,5)29-22-20-28(21-23-29)27-18-16-26(25-30)17-19-27/h16-23H,8-15,24H2,1-7H3. The minimum atomic E-state index is -2.24. The first-order chi connectivity index (χ1) is 16.5. The van der Waals surface area contributed by atoms with Gasteiger partial charge in [-0.25, -0.2) is 0 Å². The molecule has 2 rings (SSSR count). The van der Waals surface area contributed by atoms with Gasteiger partial charge in [-0.2, -0.15) is 5.26 Å². The summed E-state index contributed by atoms with van der Waals surface area (Å²) >= 11 is 0. The molecule has 35 heavy (non-hydrogen) atoms. The topological polar surface area (TPSA) is 42.2 Å². The molecule has 0 radical (unpaired) electrons. The lowest BCUT2D eigenvalue weighted by molar-refractivity contribution is 0.393. The zero-order chi connectivity index (χ0) is 26.0. The molecule has 0 aliphatic heterocycles. The minimum Gasteiger partial charge on any atom is -0.437 e. The quantitative estimate of drug-likeness (QED) is 0.172. The maximum Gasteiger partial charge on any atom is 0.311 e. The van der Waals surface area contributed by atoms with Crippen LogP contribution in [0.4, 0.5) is 0 Å². The summed E-state index contributed by atoms with van der Waals surface area (Å²) in [6, 6.07) is 19.9. The van der Waals surface area contributed by atoms with Crippen LogP contribution in [0, 0.1) is 11.3 Å². The van der Waals surface area contributed by atoms with Crippen molar-refractivity contribution in [1.82, 2.24) is 0 Å². The molecule has 0 aliphatic carbocycles. The largest absolute Gasteiger partial charge is 0.437 e. The lowest BCUT2D eigenvalue weighted by Crippen LogP contribution is -2.56. The van der Waals surface area contributed by atoms with Crippen molar-refractivity contribution in [2.45, 2.75) is 104 Å². The third-order valence-corrected chi connectivity index (χ3v) is 18.0. The predicted octanol–water partition coefficient (Wildman–Crippen LogP) is 8.72. The Morgan fingerprint density at radius 1 is 0.657 bits per heavy atom. The first kappa shape index (κ1) is 29.7. The molecule has 0 aromatic heterocycles. The minimum absolute atomic E-state index is 0.688. The molecule has 0 unspecified atom stereocenters. The Morgan fingerprint density at radius 2 is 1.14 bits per heavy atom. The number of benzene rings is 2. The molecule has 0 saturated carbocycles. The lowest BCUT2D eigenvalue weighted by Gasteiger charge is -2.39. The maximum atomic E-state index is 9.02. The molecule has 0 aliphatic rings. The summed E-state index contributed by atoms with van der Waals surface area (Å²) in [6.07, 6.45) is 10.9. The van der Waals surface area contributed by atoms with Crippen molar-refractivity contribution in [2.75, 3.05) is 0 Å². The van der Waals surface area contributed by atoms with Crippen LogP contribution in [0.25, 0.3) is 11.1 Å². The van der Waals surface area contributed by atoms with Crippen molar-refractivity contribution in [3.05, 3.63) is 54.1 Å². The highest BCUT2D eigenvalue weighted by Crippen LogP contribution is 2.26.